The number of pyridine rings is 1. The maximum atomic E-state index is 12.5. The van der Waals surface area contributed by atoms with Crippen LogP contribution in [0, 0.1) is 12.3 Å². The molecule has 0 aromatic carbocycles. The Balaban J connectivity index is 1.87. The maximum absolute atomic E-state index is 12.5. The van der Waals surface area contributed by atoms with Crippen molar-refractivity contribution in [1.29, 1.82) is 0 Å². The van der Waals surface area contributed by atoms with E-state index < -0.39 is 0 Å². The molecule has 20 heavy (non-hydrogen) atoms. The van der Waals surface area contributed by atoms with E-state index in [1.54, 1.807) is 6.20 Å². The number of rotatable bonds is 2. The molecule has 3 heterocycles. The Morgan fingerprint density at radius 1 is 1.60 bits per heavy atom. The van der Waals surface area contributed by atoms with Crippen LogP contribution in [0.5, 0.6) is 0 Å². The van der Waals surface area contributed by atoms with Crippen LogP contribution in [-0.4, -0.2) is 45.6 Å². The quantitative estimate of drug-likeness (QED) is 0.857. The van der Waals surface area contributed by atoms with Crippen LogP contribution >= 0.6 is 0 Å². The van der Waals surface area contributed by atoms with E-state index in [1.807, 2.05) is 17.9 Å². The van der Waals surface area contributed by atoms with Crippen molar-refractivity contribution in [3.8, 4) is 0 Å². The van der Waals surface area contributed by atoms with E-state index in [0.29, 0.717) is 24.3 Å². The molecule has 1 aliphatic heterocycles. The van der Waals surface area contributed by atoms with Gasteiger partial charge in [-0.1, -0.05) is 6.92 Å². The number of aryl methyl sites for hydroxylation is 1. The number of hydrogen-bond donors (Lipinski definition) is 2. The molecule has 0 saturated carbocycles. The van der Waals surface area contributed by atoms with Crippen LogP contribution in [0.3, 0.4) is 0 Å². The van der Waals surface area contributed by atoms with Gasteiger partial charge in [0, 0.05) is 30.4 Å². The Morgan fingerprint density at radius 3 is 3.10 bits per heavy atom. The van der Waals surface area contributed by atoms with Gasteiger partial charge < -0.3 is 10.6 Å². The number of aromatic nitrogens is 3. The number of nitrogens with zero attached hydrogens (tertiary/aromatic N) is 3. The molecule has 6 nitrogen and oxygen atoms in total. The first kappa shape index (κ1) is 13.1. The third-order valence-electron chi connectivity index (χ3n) is 4.18. The van der Waals surface area contributed by atoms with Crippen molar-refractivity contribution in [2.24, 2.45) is 11.1 Å². The molecule has 2 aromatic heterocycles. The molecule has 0 aliphatic carbocycles. The average molecular weight is 273 g/mol. The predicted octanol–water partition coefficient (Wildman–Crippen LogP) is 1.08. The smallest absolute Gasteiger partial charge is 0.255 e. The van der Waals surface area contributed by atoms with Gasteiger partial charge in [0.1, 0.15) is 0 Å². The summed E-state index contributed by atoms with van der Waals surface area (Å²) in [5.41, 5.74) is 8.01. The van der Waals surface area contributed by atoms with E-state index >= 15 is 0 Å². The maximum Gasteiger partial charge on any atom is 0.255 e. The Hall–Kier alpha value is -1.95. The molecule has 6 heteroatoms. The summed E-state index contributed by atoms with van der Waals surface area (Å²) in [5, 5.41) is 7.86. The number of fused-ring (bicyclic) bond motifs is 1. The van der Waals surface area contributed by atoms with Crippen LogP contribution in [-0.2, 0) is 0 Å². The van der Waals surface area contributed by atoms with Gasteiger partial charge in [0.05, 0.1) is 5.56 Å². The van der Waals surface area contributed by atoms with Crippen LogP contribution in [0.15, 0.2) is 12.3 Å². The molecule has 1 unspecified atom stereocenters. The van der Waals surface area contributed by atoms with E-state index in [2.05, 4.69) is 22.1 Å². The summed E-state index contributed by atoms with van der Waals surface area (Å²) in [6.45, 7) is 6.13. The number of likely N-dealkylation sites (tertiary alicyclic amines) is 1. The van der Waals surface area contributed by atoms with E-state index in [4.69, 9.17) is 5.73 Å². The lowest BCUT2D eigenvalue weighted by Gasteiger charge is -2.22. The summed E-state index contributed by atoms with van der Waals surface area (Å²) < 4.78 is 0. The molecular weight excluding hydrogens is 254 g/mol. The number of carbonyl (C=O) groups excluding carboxylic acids is 1. The third-order valence-corrected chi connectivity index (χ3v) is 4.18. The van der Waals surface area contributed by atoms with Gasteiger partial charge in [-0.25, -0.2) is 4.98 Å². The van der Waals surface area contributed by atoms with Crippen LogP contribution in [0.2, 0.25) is 0 Å². The van der Waals surface area contributed by atoms with Gasteiger partial charge in [0.2, 0.25) is 0 Å². The van der Waals surface area contributed by atoms with Crippen molar-refractivity contribution in [3.63, 3.8) is 0 Å². The highest BCUT2D eigenvalue weighted by molar-refractivity contribution is 5.97. The van der Waals surface area contributed by atoms with Crippen molar-refractivity contribution in [2.75, 3.05) is 19.6 Å². The highest BCUT2D eigenvalue weighted by Crippen LogP contribution is 2.29. The summed E-state index contributed by atoms with van der Waals surface area (Å²) in [4.78, 5) is 18.6. The van der Waals surface area contributed by atoms with Crippen LogP contribution < -0.4 is 5.73 Å². The first-order valence-electron chi connectivity index (χ1n) is 6.82. The molecule has 1 aliphatic rings. The number of amides is 1. The predicted molar refractivity (Wildman–Crippen MR) is 76.3 cm³/mol. The van der Waals surface area contributed by atoms with Crippen LogP contribution in [0.4, 0.5) is 0 Å². The van der Waals surface area contributed by atoms with Crippen molar-refractivity contribution < 1.29 is 4.79 Å². The van der Waals surface area contributed by atoms with Gasteiger partial charge in [-0.05, 0) is 31.4 Å². The largest absolute Gasteiger partial charge is 0.338 e. The molecule has 3 N–H and O–H groups in total. The third kappa shape index (κ3) is 2.06. The Morgan fingerprint density at radius 2 is 2.40 bits per heavy atom. The summed E-state index contributed by atoms with van der Waals surface area (Å²) in [6.07, 6.45) is 2.55. The molecule has 106 valence electrons. The number of carbonyl (C=O) groups is 1. The zero-order chi connectivity index (χ0) is 14.3. The molecule has 1 amide bonds. The van der Waals surface area contributed by atoms with Crippen LogP contribution in [0.25, 0.3) is 11.0 Å². The number of H-pyrrole nitrogens is 1. The molecule has 3 rings (SSSR count). The highest BCUT2D eigenvalue weighted by atomic mass is 16.2. The van der Waals surface area contributed by atoms with Crippen molar-refractivity contribution in [1.82, 2.24) is 20.1 Å². The lowest BCUT2D eigenvalue weighted by atomic mass is 9.90. The summed E-state index contributed by atoms with van der Waals surface area (Å²) in [5.74, 6) is 0.0252. The van der Waals surface area contributed by atoms with E-state index in [1.165, 1.54) is 0 Å². The Labute approximate surface area is 117 Å². The Bertz CT molecular complexity index is 665. The number of aromatic amines is 1. The molecule has 2 aromatic rings. The normalized spacial score (nSPS) is 22.6. The van der Waals surface area contributed by atoms with Crippen molar-refractivity contribution in [2.45, 2.75) is 20.3 Å². The van der Waals surface area contributed by atoms with E-state index in [-0.39, 0.29) is 11.3 Å². The average Bonchev–Trinajstić information content (AvgIpc) is 3.03. The SMILES string of the molecule is Cc1[nH]nc2ncc(C(=O)N3CCC(C)(CN)C3)cc12. The second kappa shape index (κ2) is 4.56. The second-order valence-corrected chi connectivity index (χ2v) is 5.94. The standard InChI is InChI=1S/C14H19N5O/c1-9-11-5-10(6-16-12(11)18-17-9)13(20)19-4-3-14(2,7-15)8-19/h5-6H,3-4,7-8,15H2,1-2H3,(H,16,17,18). The van der Waals surface area contributed by atoms with E-state index in [0.717, 1.165) is 24.0 Å². The van der Waals surface area contributed by atoms with Gasteiger partial charge in [0.15, 0.2) is 5.65 Å². The fourth-order valence-electron chi connectivity index (χ4n) is 2.68. The van der Waals surface area contributed by atoms with Crippen molar-refractivity contribution >= 4 is 16.9 Å². The first-order chi connectivity index (χ1) is 9.52. The Kier molecular flexibility index (Phi) is 2.97. The molecule has 1 saturated heterocycles. The number of nitrogens with one attached hydrogen (secondary N) is 1. The minimum absolute atomic E-state index is 0.0252. The molecule has 0 radical (unpaired) electrons. The van der Waals surface area contributed by atoms with Gasteiger partial charge in [-0.3, -0.25) is 9.89 Å². The topological polar surface area (TPSA) is 87.9 Å². The molecule has 0 spiro atoms. The minimum atomic E-state index is 0.0252. The number of nitrogens with two attached hydrogens (primary N) is 1. The zero-order valence-corrected chi connectivity index (χ0v) is 11.8. The van der Waals surface area contributed by atoms with Crippen LogP contribution in [0.1, 0.15) is 29.4 Å². The fraction of sp³-hybridized carbons (Fsp3) is 0.500. The zero-order valence-electron chi connectivity index (χ0n) is 11.8. The summed E-state index contributed by atoms with van der Waals surface area (Å²) in [6, 6.07) is 1.86. The fourth-order valence-corrected chi connectivity index (χ4v) is 2.68. The first-order valence-corrected chi connectivity index (χ1v) is 6.82. The monoisotopic (exact) mass is 273 g/mol. The molecular formula is C14H19N5O. The summed E-state index contributed by atoms with van der Waals surface area (Å²) >= 11 is 0. The van der Waals surface area contributed by atoms with Gasteiger partial charge in [-0.2, -0.15) is 5.10 Å². The van der Waals surface area contributed by atoms with Gasteiger partial charge >= 0.3 is 0 Å². The lowest BCUT2D eigenvalue weighted by Crippen LogP contribution is -2.34. The highest BCUT2D eigenvalue weighted by Gasteiger charge is 2.35. The molecule has 0 bridgehead atoms. The van der Waals surface area contributed by atoms with Crippen molar-refractivity contribution in [3.05, 3.63) is 23.5 Å². The second-order valence-electron chi connectivity index (χ2n) is 5.94. The molecule has 1 atom stereocenters. The minimum Gasteiger partial charge on any atom is -0.338 e. The molecule has 1 fully saturated rings. The lowest BCUT2D eigenvalue weighted by molar-refractivity contribution is 0.0776. The summed E-state index contributed by atoms with van der Waals surface area (Å²) in [7, 11) is 0. The number of hydrogen-bond acceptors (Lipinski definition) is 4. The van der Waals surface area contributed by atoms with Gasteiger partial charge in [0.25, 0.3) is 5.91 Å². The van der Waals surface area contributed by atoms with Gasteiger partial charge in [-0.15, -0.1) is 0 Å². The van der Waals surface area contributed by atoms with E-state index in [9.17, 15) is 4.79 Å².